The highest BCUT2D eigenvalue weighted by atomic mass is 32.2. The number of nitrogens with zero attached hydrogens (tertiary/aromatic N) is 1. The van der Waals surface area contributed by atoms with Gasteiger partial charge in [-0.15, -0.1) is 0 Å². The predicted molar refractivity (Wildman–Crippen MR) is 74.3 cm³/mol. The Morgan fingerprint density at radius 1 is 1.29 bits per heavy atom. The van der Waals surface area contributed by atoms with Crippen LogP contribution in [0.25, 0.3) is 0 Å². The third-order valence-corrected chi connectivity index (χ3v) is 5.36. The lowest BCUT2D eigenvalue weighted by atomic mass is 10.1. The minimum absolute atomic E-state index is 0.0190. The number of carboxylic acids is 1. The molecule has 1 unspecified atom stereocenters. The molecule has 1 aliphatic heterocycles. The zero-order valence-electron chi connectivity index (χ0n) is 11.4. The zero-order chi connectivity index (χ0) is 15.6. The van der Waals surface area contributed by atoms with Crippen molar-refractivity contribution in [2.75, 3.05) is 20.1 Å². The van der Waals surface area contributed by atoms with Crippen molar-refractivity contribution >= 4 is 21.9 Å². The lowest BCUT2D eigenvalue weighted by molar-refractivity contribution is -0.141. The maximum atomic E-state index is 12.4. The van der Waals surface area contributed by atoms with E-state index in [2.05, 4.69) is 5.32 Å². The molecule has 0 spiro atoms. The van der Waals surface area contributed by atoms with Gasteiger partial charge in [0.25, 0.3) is 5.91 Å². The van der Waals surface area contributed by atoms with E-state index in [-0.39, 0.29) is 23.9 Å². The third kappa shape index (κ3) is 3.06. The Kier molecular flexibility index (Phi) is 4.29. The first-order valence-electron chi connectivity index (χ1n) is 6.41. The molecular weight excluding hydrogens is 296 g/mol. The largest absolute Gasteiger partial charge is 0.481 e. The highest BCUT2D eigenvalue weighted by Gasteiger charge is 2.35. The standard InChI is InChI=1S/C13H16N2O5S/c1-14-12(16)9-2-4-11(5-3-9)21(19,20)15-7-6-10(8-15)13(17)18/h2-5,10H,6-8H2,1H3,(H,14,16)(H,17,18). The van der Waals surface area contributed by atoms with Crippen LogP contribution in [-0.2, 0) is 14.8 Å². The summed E-state index contributed by atoms with van der Waals surface area (Å²) in [6.07, 6.45) is 0.310. The van der Waals surface area contributed by atoms with Crippen molar-refractivity contribution in [2.45, 2.75) is 11.3 Å². The van der Waals surface area contributed by atoms with Gasteiger partial charge >= 0.3 is 5.97 Å². The fourth-order valence-corrected chi connectivity index (χ4v) is 3.72. The number of carboxylic acid groups (broad SMARTS) is 1. The van der Waals surface area contributed by atoms with Crippen LogP contribution in [0.15, 0.2) is 29.2 Å². The van der Waals surface area contributed by atoms with Gasteiger partial charge in [0, 0.05) is 25.7 Å². The molecule has 21 heavy (non-hydrogen) atoms. The number of aliphatic carboxylic acids is 1. The van der Waals surface area contributed by atoms with Gasteiger partial charge in [-0.2, -0.15) is 4.31 Å². The fraction of sp³-hybridized carbons (Fsp3) is 0.385. The van der Waals surface area contributed by atoms with Gasteiger partial charge in [-0.05, 0) is 30.7 Å². The summed E-state index contributed by atoms with van der Waals surface area (Å²) in [5, 5.41) is 11.4. The quantitative estimate of drug-likeness (QED) is 0.823. The number of nitrogens with one attached hydrogen (secondary N) is 1. The SMILES string of the molecule is CNC(=O)c1ccc(S(=O)(=O)N2CCC(C(=O)O)C2)cc1. The normalized spacial score (nSPS) is 19.4. The van der Waals surface area contributed by atoms with E-state index >= 15 is 0 Å². The third-order valence-electron chi connectivity index (χ3n) is 3.48. The number of hydrogen-bond donors (Lipinski definition) is 2. The van der Waals surface area contributed by atoms with Crippen LogP contribution in [0.3, 0.4) is 0 Å². The van der Waals surface area contributed by atoms with Crippen molar-refractivity contribution in [3.8, 4) is 0 Å². The number of carbonyl (C=O) groups is 2. The van der Waals surface area contributed by atoms with Crippen LogP contribution in [0.4, 0.5) is 0 Å². The van der Waals surface area contributed by atoms with E-state index < -0.39 is 21.9 Å². The van der Waals surface area contributed by atoms with E-state index in [9.17, 15) is 18.0 Å². The molecule has 0 bridgehead atoms. The van der Waals surface area contributed by atoms with Crippen molar-refractivity contribution in [2.24, 2.45) is 5.92 Å². The van der Waals surface area contributed by atoms with E-state index in [1.165, 1.54) is 35.6 Å². The van der Waals surface area contributed by atoms with Gasteiger partial charge < -0.3 is 10.4 Å². The molecule has 114 valence electrons. The van der Waals surface area contributed by atoms with E-state index in [0.29, 0.717) is 12.0 Å². The Bertz CT molecular complexity index is 654. The Hall–Kier alpha value is -1.93. The van der Waals surface area contributed by atoms with E-state index in [0.717, 1.165) is 0 Å². The molecule has 2 rings (SSSR count). The molecule has 1 saturated heterocycles. The second-order valence-corrected chi connectivity index (χ2v) is 6.73. The second-order valence-electron chi connectivity index (χ2n) is 4.79. The van der Waals surface area contributed by atoms with Gasteiger partial charge in [-0.25, -0.2) is 8.42 Å². The zero-order valence-corrected chi connectivity index (χ0v) is 12.3. The average molecular weight is 312 g/mol. The fourth-order valence-electron chi connectivity index (χ4n) is 2.22. The lowest BCUT2D eigenvalue weighted by Crippen LogP contribution is -2.30. The summed E-state index contributed by atoms with van der Waals surface area (Å²) in [5.41, 5.74) is 0.362. The maximum absolute atomic E-state index is 12.4. The van der Waals surface area contributed by atoms with Crippen molar-refractivity contribution < 1.29 is 23.1 Å². The molecule has 0 aliphatic carbocycles. The first-order chi connectivity index (χ1) is 9.86. The molecule has 1 atom stereocenters. The monoisotopic (exact) mass is 312 g/mol. The Balaban J connectivity index is 2.21. The van der Waals surface area contributed by atoms with Crippen LogP contribution in [0.2, 0.25) is 0 Å². The molecule has 8 heteroatoms. The Morgan fingerprint density at radius 2 is 1.90 bits per heavy atom. The van der Waals surface area contributed by atoms with Crippen LogP contribution in [0.5, 0.6) is 0 Å². The first kappa shape index (κ1) is 15.5. The van der Waals surface area contributed by atoms with Crippen molar-refractivity contribution in [3.63, 3.8) is 0 Å². The summed E-state index contributed by atoms with van der Waals surface area (Å²) in [4.78, 5) is 22.4. The van der Waals surface area contributed by atoms with Crippen molar-refractivity contribution in [1.82, 2.24) is 9.62 Å². The molecular formula is C13H16N2O5S. The summed E-state index contributed by atoms with van der Waals surface area (Å²) in [6, 6.07) is 5.56. The van der Waals surface area contributed by atoms with Gasteiger partial charge in [0.05, 0.1) is 10.8 Å². The van der Waals surface area contributed by atoms with Gasteiger partial charge in [0.15, 0.2) is 0 Å². The number of benzene rings is 1. The molecule has 1 fully saturated rings. The summed E-state index contributed by atoms with van der Waals surface area (Å²) in [5.74, 6) is -1.95. The smallest absolute Gasteiger partial charge is 0.307 e. The van der Waals surface area contributed by atoms with E-state index in [1.807, 2.05) is 0 Å². The summed E-state index contributed by atoms with van der Waals surface area (Å²) < 4.78 is 25.9. The topological polar surface area (TPSA) is 104 Å². The molecule has 1 aliphatic rings. The number of hydrogen-bond acceptors (Lipinski definition) is 4. The Morgan fingerprint density at radius 3 is 2.38 bits per heavy atom. The van der Waals surface area contributed by atoms with E-state index in [1.54, 1.807) is 0 Å². The molecule has 1 aromatic carbocycles. The van der Waals surface area contributed by atoms with Crippen LogP contribution in [0.1, 0.15) is 16.8 Å². The van der Waals surface area contributed by atoms with Crippen LogP contribution < -0.4 is 5.32 Å². The van der Waals surface area contributed by atoms with Crippen molar-refractivity contribution in [1.29, 1.82) is 0 Å². The minimum atomic E-state index is -3.72. The minimum Gasteiger partial charge on any atom is -0.481 e. The van der Waals surface area contributed by atoms with Gasteiger partial charge in [0.2, 0.25) is 10.0 Å². The molecule has 1 aromatic rings. The van der Waals surface area contributed by atoms with Crippen LogP contribution in [-0.4, -0.2) is 49.8 Å². The van der Waals surface area contributed by atoms with Gasteiger partial charge in [-0.1, -0.05) is 0 Å². The summed E-state index contributed by atoms with van der Waals surface area (Å²) in [7, 11) is -2.23. The van der Waals surface area contributed by atoms with Crippen LogP contribution >= 0.6 is 0 Å². The number of carbonyl (C=O) groups excluding carboxylic acids is 1. The highest BCUT2D eigenvalue weighted by Crippen LogP contribution is 2.24. The Labute approximate surface area is 122 Å². The molecule has 2 N–H and O–H groups in total. The maximum Gasteiger partial charge on any atom is 0.307 e. The van der Waals surface area contributed by atoms with Gasteiger partial charge in [-0.3, -0.25) is 9.59 Å². The lowest BCUT2D eigenvalue weighted by Gasteiger charge is -2.16. The molecule has 7 nitrogen and oxygen atoms in total. The van der Waals surface area contributed by atoms with Crippen LogP contribution in [0, 0.1) is 5.92 Å². The molecule has 0 radical (unpaired) electrons. The molecule has 1 amide bonds. The van der Waals surface area contributed by atoms with Crippen molar-refractivity contribution in [3.05, 3.63) is 29.8 Å². The average Bonchev–Trinajstić information content (AvgIpc) is 2.97. The predicted octanol–water partition coefficient (Wildman–Crippen LogP) is 0.141. The summed E-state index contributed by atoms with van der Waals surface area (Å²) >= 11 is 0. The van der Waals surface area contributed by atoms with Gasteiger partial charge in [0.1, 0.15) is 0 Å². The summed E-state index contributed by atoms with van der Waals surface area (Å²) in [6.45, 7) is 0.172. The van der Waals surface area contributed by atoms with E-state index in [4.69, 9.17) is 5.11 Å². The molecule has 0 saturated carbocycles. The second kappa shape index (κ2) is 5.82. The highest BCUT2D eigenvalue weighted by molar-refractivity contribution is 7.89. The number of rotatable bonds is 4. The number of amides is 1. The molecule has 1 heterocycles. The molecule has 0 aromatic heterocycles. The number of sulfonamides is 1. The first-order valence-corrected chi connectivity index (χ1v) is 7.85.